The quantitative estimate of drug-likeness (QED) is 0.856. The zero-order valence-corrected chi connectivity index (χ0v) is 12.6. The summed E-state index contributed by atoms with van der Waals surface area (Å²) in [6, 6.07) is 5.87. The number of hydrogen-bond acceptors (Lipinski definition) is 2. The van der Waals surface area contributed by atoms with Crippen LogP contribution in [0.15, 0.2) is 29.1 Å². The molecular formula is C13H14BrClN2O. The smallest absolute Gasteiger partial charge is 0.137 e. The summed E-state index contributed by atoms with van der Waals surface area (Å²) in [6.45, 7) is 0. The maximum Gasteiger partial charge on any atom is 0.137 e. The zero-order valence-electron chi connectivity index (χ0n) is 10.3. The molecule has 0 aliphatic carbocycles. The molecule has 0 saturated heterocycles. The van der Waals surface area contributed by atoms with Crippen LogP contribution in [0.5, 0.6) is 5.75 Å². The van der Waals surface area contributed by atoms with Gasteiger partial charge in [-0.3, -0.25) is 0 Å². The second kappa shape index (κ2) is 5.76. The number of halogens is 2. The third-order valence-corrected chi connectivity index (χ3v) is 4.11. The zero-order chi connectivity index (χ0) is 13.1. The van der Waals surface area contributed by atoms with Crippen molar-refractivity contribution in [3.8, 4) is 5.75 Å². The van der Waals surface area contributed by atoms with E-state index in [1.54, 1.807) is 13.4 Å². The summed E-state index contributed by atoms with van der Waals surface area (Å²) in [5.41, 5.74) is 2.24. The van der Waals surface area contributed by atoms with Gasteiger partial charge in [-0.25, -0.2) is 4.98 Å². The molecule has 0 atom stereocenters. The molecule has 96 valence electrons. The van der Waals surface area contributed by atoms with Gasteiger partial charge in [-0.2, -0.15) is 0 Å². The minimum atomic E-state index is 0.648. The van der Waals surface area contributed by atoms with Crippen molar-refractivity contribution in [2.75, 3.05) is 7.11 Å². The van der Waals surface area contributed by atoms with E-state index in [-0.39, 0.29) is 0 Å². The Morgan fingerprint density at radius 2 is 2.17 bits per heavy atom. The number of ether oxygens (including phenoxy) is 1. The van der Waals surface area contributed by atoms with Crippen LogP contribution in [0.3, 0.4) is 0 Å². The summed E-state index contributed by atoms with van der Waals surface area (Å²) in [7, 11) is 3.58. The van der Waals surface area contributed by atoms with E-state index in [0.717, 1.165) is 23.1 Å². The first-order valence-corrected chi connectivity index (χ1v) is 6.77. The van der Waals surface area contributed by atoms with E-state index in [9.17, 15) is 0 Å². The lowest BCUT2D eigenvalue weighted by Gasteiger charge is -2.05. The van der Waals surface area contributed by atoms with Crippen molar-refractivity contribution in [1.82, 2.24) is 9.55 Å². The Hall–Kier alpha value is -1.00. The van der Waals surface area contributed by atoms with Gasteiger partial charge in [0, 0.05) is 7.05 Å². The number of imidazole rings is 1. The van der Waals surface area contributed by atoms with Crippen molar-refractivity contribution in [2.45, 2.75) is 12.8 Å². The second-order valence-electron chi connectivity index (χ2n) is 4.06. The van der Waals surface area contributed by atoms with Crippen molar-refractivity contribution in [3.05, 3.63) is 45.4 Å². The average molecular weight is 330 g/mol. The minimum absolute atomic E-state index is 0.648. The number of benzene rings is 1. The van der Waals surface area contributed by atoms with E-state index in [2.05, 4.69) is 20.9 Å². The Bertz CT molecular complexity index is 554. The molecule has 1 aromatic carbocycles. The summed E-state index contributed by atoms with van der Waals surface area (Å²) < 4.78 is 8.11. The predicted octanol–water partition coefficient (Wildman–Crippen LogP) is 3.63. The molecule has 0 aliphatic heterocycles. The van der Waals surface area contributed by atoms with E-state index in [0.29, 0.717) is 10.8 Å². The summed E-state index contributed by atoms with van der Waals surface area (Å²) in [4.78, 5) is 4.34. The van der Waals surface area contributed by atoms with E-state index in [1.807, 2.05) is 29.8 Å². The molecule has 3 nitrogen and oxygen atoms in total. The number of aryl methyl sites for hydroxylation is 3. The van der Waals surface area contributed by atoms with Gasteiger partial charge in [-0.1, -0.05) is 17.7 Å². The summed E-state index contributed by atoms with van der Waals surface area (Å²) >= 11 is 9.61. The first-order chi connectivity index (χ1) is 8.61. The van der Waals surface area contributed by atoms with Crippen LogP contribution >= 0.6 is 27.5 Å². The Labute approximate surface area is 120 Å². The molecular weight excluding hydrogens is 316 g/mol. The molecule has 0 radical (unpaired) electrons. The monoisotopic (exact) mass is 328 g/mol. The molecule has 0 unspecified atom stereocenters. The Kier molecular flexibility index (Phi) is 4.30. The minimum Gasteiger partial charge on any atom is -0.495 e. The molecule has 2 rings (SSSR count). The SMILES string of the molecule is COc1ccc(CCc2ncn(C)c2Br)cc1Cl. The molecule has 0 bridgehead atoms. The number of nitrogens with zero attached hydrogens (tertiary/aromatic N) is 2. The van der Waals surface area contributed by atoms with Gasteiger partial charge < -0.3 is 9.30 Å². The normalized spacial score (nSPS) is 10.7. The van der Waals surface area contributed by atoms with Crippen molar-refractivity contribution in [1.29, 1.82) is 0 Å². The van der Waals surface area contributed by atoms with Gasteiger partial charge in [0.05, 0.1) is 24.2 Å². The number of aromatic nitrogens is 2. The van der Waals surface area contributed by atoms with Gasteiger partial charge >= 0.3 is 0 Å². The molecule has 0 aliphatic rings. The summed E-state index contributed by atoms with van der Waals surface area (Å²) in [5.74, 6) is 0.708. The van der Waals surface area contributed by atoms with E-state index in [4.69, 9.17) is 16.3 Å². The van der Waals surface area contributed by atoms with Crippen LogP contribution in [-0.2, 0) is 19.9 Å². The molecule has 18 heavy (non-hydrogen) atoms. The fourth-order valence-electron chi connectivity index (χ4n) is 1.76. The molecule has 2 aromatic rings. The van der Waals surface area contributed by atoms with E-state index in [1.165, 1.54) is 5.56 Å². The molecule has 0 amide bonds. The molecule has 0 fully saturated rings. The van der Waals surface area contributed by atoms with Gasteiger partial charge in [0.15, 0.2) is 0 Å². The Morgan fingerprint density at radius 3 is 2.72 bits per heavy atom. The van der Waals surface area contributed by atoms with Crippen LogP contribution < -0.4 is 4.74 Å². The van der Waals surface area contributed by atoms with Gasteiger partial charge in [0.25, 0.3) is 0 Å². The fraction of sp³-hybridized carbons (Fsp3) is 0.308. The Balaban J connectivity index is 2.06. The Morgan fingerprint density at radius 1 is 1.39 bits per heavy atom. The van der Waals surface area contributed by atoms with Crippen LogP contribution in [0.2, 0.25) is 5.02 Å². The lowest BCUT2D eigenvalue weighted by molar-refractivity contribution is 0.415. The van der Waals surface area contributed by atoms with E-state index < -0.39 is 0 Å². The maximum atomic E-state index is 6.09. The van der Waals surface area contributed by atoms with Crippen molar-refractivity contribution in [2.24, 2.45) is 7.05 Å². The maximum absolute atomic E-state index is 6.09. The van der Waals surface area contributed by atoms with Crippen LogP contribution in [-0.4, -0.2) is 16.7 Å². The summed E-state index contributed by atoms with van der Waals surface area (Å²) in [6.07, 6.45) is 3.59. The molecule has 0 N–H and O–H groups in total. The van der Waals surface area contributed by atoms with Crippen LogP contribution in [0, 0.1) is 0 Å². The number of hydrogen-bond donors (Lipinski definition) is 0. The van der Waals surface area contributed by atoms with Crippen LogP contribution in [0.1, 0.15) is 11.3 Å². The fourth-order valence-corrected chi connectivity index (χ4v) is 2.43. The highest BCUT2D eigenvalue weighted by Gasteiger charge is 2.07. The highest BCUT2D eigenvalue weighted by Crippen LogP contribution is 2.25. The van der Waals surface area contributed by atoms with Gasteiger partial charge in [-0.05, 0) is 46.5 Å². The molecule has 0 saturated carbocycles. The second-order valence-corrected chi connectivity index (χ2v) is 5.22. The first-order valence-electron chi connectivity index (χ1n) is 5.60. The van der Waals surface area contributed by atoms with Gasteiger partial charge in [0.2, 0.25) is 0 Å². The largest absolute Gasteiger partial charge is 0.495 e. The van der Waals surface area contributed by atoms with Crippen molar-refractivity contribution >= 4 is 27.5 Å². The number of rotatable bonds is 4. The van der Waals surface area contributed by atoms with Crippen LogP contribution in [0.25, 0.3) is 0 Å². The topological polar surface area (TPSA) is 27.1 Å². The van der Waals surface area contributed by atoms with Gasteiger partial charge in [0.1, 0.15) is 10.4 Å². The molecule has 0 spiro atoms. The molecule has 1 heterocycles. The first kappa shape index (κ1) is 13.4. The van der Waals surface area contributed by atoms with Crippen LogP contribution in [0.4, 0.5) is 0 Å². The predicted molar refractivity (Wildman–Crippen MR) is 76.3 cm³/mol. The number of methoxy groups -OCH3 is 1. The molecule has 1 aromatic heterocycles. The van der Waals surface area contributed by atoms with E-state index >= 15 is 0 Å². The van der Waals surface area contributed by atoms with Crippen molar-refractivity contribution < 1.29 is 4.74 Å². The van der Waals surface area contributed by atoms with Gasteiger partial charge in [-0.15, -0.1) is 0 Å². The third-order valence-electron chi connectivity index (χ3n) is 2.80. The molecule has 5 heteroatoms. The lowest BCUT2D eigenvalue weighted by atomic mass is 10.1. The highest BCUT2D eigenvalue weighted by atomic mass is 79.9. The standard InChI is InChI=1S/C13H14BrClN2O/c1-17-8-16-11(13(17)14)5-3-9-4-6-12(18-2)10(15)7-9/h4,6-8H,3,5H2,1-2H3. The summed E-state index contributed by atoms with van der Waals surface area (Å²) in [5, 5.41) is 0.648. The average Bonchev–Trinajstić information content (AvgIpc) is 2.68. The van der Waals surface area contributed by atoms with Crippen molar-refractivity contribution in [3.63, 3.8) is 0 Å². The third kappa shape index (κ3) is 2.87. The highest BCUT2D eigenvalue weighted by molar-refractivity contribution is 9.10. The lowest BCUT2D eigenvalue weighted by Crippen LogP contribution is -1.94.